The predicted octanol–water partition coefficient (Wildman–Crippen LogP) is 3.36. The third kappa shape index (κ3) is 2.95. The van der Waals surface area contributed by atoms with Crippen molar-refractivity contribution in [1.82, 2.24) is 19.7 Å². The molecule has 0 aliphatic rings. The number of rotatable bonds is 4. The fourth-order valence-corrected chi connectivity index (χ4v) is 2.79. The summed E-state index contributed by atoms with van der Waals surface area (Å²) >= 11 is 0. The van der Waals surface area contributed by atoms with E-state index in [1.54, 1.807) is 23.9 Å². The largest absolute Gasteiger partial charge is 0.383 e. The first kappa shape index (κ1) is 16.0. The lowest BCUT2D eigenvalue weighted by atomic mass is 10.1. The molecule has 0 atom stereocenters. The first-order valence-electron chi connectivity index (χ1n) is 8.16. The maximum absolute atomic E-state index is 13.3. The third-order valence-corrected chi connectivity index (χ3v) is 4.15. The van der Waals surface area contributed by atoms with Crippen LogP contribution in [-0.4, -0.2) is 19.7 Å². The minimum Gasteiger partial charge on any atom is -0.383 e. The van der Waals surface area contributed by atoms with Crippen LogP contribution in [0.3, 0.4) is 0 Å². The number of benzene rings is 2. The van der Waals surface area contributed by atoms with Crippen molar-refractivity contribution in [2.45, 2.75) is 6.54 Å². The van der Waals surface area contributed by atoms with Crippen LogP contribution < -0.4 is 11.1 Å². The average molecular weight is 348 g/mol. The van der Waals surface area contributed by atoms with Crippen molar-refractivity contribution < 1.29 is 4.39 Å². The lowest BCUT2D eigenvalue weighted by molar-refractivity contribution is 0.628. The van der Waals surface area contributed by atoms with Crippen molar-refractivity contribution in [2.24, 2.45) is 7.05 Å². The molecule has 7 heteroatoms. The molecule has 0 aliphatic heterocycles. The molecule has 0 radical (unpaired) electrons. The zero-order valence-electron chi connectivity index (χ0n) is 14.1. The van der Waals surface area contributed by atoms with Gasteiger partial charge in [-0.3, -0.25) is 4.68 Å². The summed E-state index contributed by atoms with van der Waals surface area (Å²) in [6.07, 6.45) is 0. The highest BCUT2D eigenvalue weighted by atomic mass is 19.1. The monoisotopic (exact) mass is 348 g/mol. The van der Waals surface area contributed by atoms with Crippen molar-refractivity contribution in [3.05, 3.63) is 66.0 Å². The highest BCUT2D eigenvalue weighted by Gasteiger charge is 2.17. The summed E-state index contributed by atoms with van der Waals surface area (Å²) < 4.78 is 14.9. The lowest BCUT2D eigenvalue weighted by Crippen LogP contribution is -2.05. The quantitative estimate of drug-likeness (QED) is 0.591. The number of halogens is 1. The van der Waals surface area contributed by atoms with E-state index in [1.165, 1.54) is 12.1 Å². The van der Waals surface area contributed by atoms with Gasteiger partial charge in [-0.05, 0) is 29.8 Å². The molecule has 0 fully saturated rings. The number of nitrogens with two attached hydrogens (primary N) is 1. The van der Waals surface area contributed by atoms with E-state index in [4.69, 9.17) is 5.73 Å². The standard InChI is InChI=1S/C19H17FN6/c1-26-17(21)15-16(13-7-9-14(20)10-8-13)23-19(24-18(15)25-26)22-11-12-5-3-2-4-6-12/h2-10H,11,21H2,1H3,(H,22,24,25). The second kappa shape index (κ2) is 6.44. The molecule has 6 nitrogen and oxygen atoms in total. The van der Waals surface area contributed by atoms with Gasteiger partial charge in [0, 0.05) is 19.2 Å². The summed E-state index contributed by atoms with van der Waals surface area (Å²) in [4.78, 5) is 9.08. The molecule has 2 aromatic heterocycles. The van der Waals surface area contributed by atoms with E-state index in [-0.39, 0.29) is 5.82 Å². The number of hydrogen-bond donors (Lipinski definition) is 2. The fraction of sp³-hybridized carbons (Fsp3) is 0.105. The van der Waals surface area contributed by atoms with E-state index in [1.807, 2.05) is 30.3 Å². The summed E-state index contributed by atoms with van der Waals surface area (Å²) in [7, 11) is 1.75. The van der Waals surface area contributed by atoms with Gasteiger partial charge < -0.3 is 11.1 Å². The summed E-state index contributed by atoms with van der Waals surface area (Å²) in [6, 6.07) is 16.1. The van der Waals surface area contributed by atoms with E-state index in [2.05, 4.69) is 20.4 Å². The minimum absolute atomic E-state index is 0.305. The number of nitrogen functional groups attached to an aromatic ring is 1. The van der Waals surface area contributed by atoms with Crippen molar-refractivity contribution in [3.63, 3.8) is 0 Å². The van der Waals surface area contributed by atoms with Crippen molar-refractivity contribution in [1.29, 1.82) is 0 Å². The van der Waals surface area contributed by atoms with Gasteiger partial charge in [0.05, 0.1) is 11.1 Å². The van der Waals surface area contributed by atoms with Crippen LogP contribution in [0.4, 0.5) is 16.2 Å². The summed E-state index contributed by atoms with van der Waals surface area (Å²) in [5, 5.41) is 8.23. The van der Waals surface area contributed by atoms with Crippen LogP contribution in [0.15, 0.2) is 54.6 Å². The van der Waals surface area contributed by atoms with Crippen molar-refractivity contribution >= 4 is 22.8 Å². The number of aromatic nitrogens is 4. The van der Waals surface area contributed by atoms with Crippen molar-refractivity contribution in [3.8, 4) is 11.3 Å². The van der Waals surface area contributed by atoms with Crippen LogP contribution in [0.1, 0.15) is 5.56 Å². The third-order valence-electron chi connectivity index (χ3n) is 4.15. The Morgan fingerprint density at radius 1 is 1.04 bits per heavy atom. The van der Waals surface area contributed by atoms with E-state index < -0.39 is 0 Å². The Morgan fingerprint density at radius 2 is 1.77 bits per heavy atom. The Kier molecular flexibility index (Phi) is 3.96. The Labute approximate surface area is 149 Å². The Balaban J connectivity index is 1.79. The molecule has 4 rings (SSSR count). The maximum atomic E-state index is 13.3. The second-order valence-electron chi connectivity index (χ2n) is 5.95. The summed E-state index contributed by atoms with van der Waals surface area (Å²) in [5.41, 5.74) is 9.13. The molecular formula is C19H17FN6. The molecule has 2 heterocycles. The molecule has 3 N–H and O–H groups in total. The van der Waals surface area contributed by atoms with Crippen LogP contribution in [0.25, 0.3) is 22.3 Å². The molecule has 26 heavy (non-hydrogen) atoms. The number of aryl methyl sites for hydroxylation is 1. The van der Waals surface area contributed by atoms with Crippen LogP contribution in [0.2, 0.25) is 0 Å². The van der Waals surface area contributed by atoms with Gasteiger partial charge in [0.15, 0.2) is 5.65 Å². The fourth-order valence-electron chi connectivity index (χ4n) is 2.79. The van der Waals surface area contributed by atoms with Crippen LogP contribution in [0, 0.1) is 5.82 Å². The summed E-state index contributed by atoms with van der Waals surface area (Å²) in [5.74, 6) is 0.605. The minimum atomic E-state index is -0.305. The zero-order valence-corrected chi connectivity index (χ0v) is 14.1. The number of anilines is 2. The van der Waals surface area contributed by atoms with Gasteiger partial charge in [-0.25, -0.2) is 9.37 Å². The SMILES string of the molecule is Cn1nc2nc(NCc3ccccc3)nc(-c3ccc(F)cc3)c2c1N. The molecule has 0 bridgehead atoms. The molecule has 0 saturated carbocycles. The Hall–Kier alpha value is -3.48. The lowest BCUT2D eigenvalue weighted by Gasteiger charge is -2.08. The van der Waals surface area contributed by atoms with Crippen molar-refractivity contribution in [2.75, 3.05) is 11.1 Å². The number of nitrogens with zero attached hydrogens (tertiary/aromatic N) is 4. The Morgan fingerprint density at radius 3 is 2.50 bits per heavy atom. The van der Waals surface area contributed by atoms with Gasteiger partial charge in [-0.1, -0.05) is 30.3 Å². The number of nitrogens with one attached hydrogen (secondary N) is 1. The van der Waals surface area contributed by atoms with Crippen LogP contribution in [-0.2, 0) is 13.6 Å². The molecule has 0 unspecified atom stereocenters. The zero-order chi connectivity index (χ0) is 18.1. The van der Waals surface area contributed by atoms with Gasteiger partial charge in [0.2, 0.25) is 5.95 Å². The first-order valence-corrected chi connectivity index (χ1v) is 8.16. The number of fused-ring (bicyclic) bond motifs is 1. The van der Waals surface area contributed by atoms with E-state index >= 15 is 0 Å². The van der Waals surface area contributed by atoms with Gasteiger partial charge in [-0.2, -0.15) is 10.1 Å². The molecule has 4 aromatic rings. The van der Waals surface area contributed by atoms with E-state index in [0.29, 0.717) is 35.0 Å². The van der Waals surface area contributed by atoms with Gasteiger partial charge in [-0.15, -0.1) is 0 Å². The number of hydrogen-bond acceptors (Lipinski definition) is 5. The summed E-state index contributed by atoms with van der Waals surface area (Å²) in [6.45, 7) is 0.581. The van der Waals surface area contributed by atoms with Crippen LogP contribution in [0.5, 0.6) is 0 Å². The highest BCUT2D eigenvalue weighted by Crippen LogP contribution is 2.31. The molecule has 0 spiro atoms. The van der Waals surface area contributed by atoms with E-state index in [9.17, 15) is 4.39 Å². The highest BCUT2D eigenvalue weighted by molar-refractivity contribution is 5.98. The van der Waals surface area contributed by atoms with Gasteiger partial charge >= 0.3 is 0 Å². The topological polar surface area (TPSA) is 81.7 Å². The molecule has 0 saturated heterocycles. The second-order valence-corrected chi connectivity index (χ2v) is 5.95. The molecule has 0 amide bonds. The first-order chi connectivity index (χ1) is 12.6. The van der Waals surface area contributed by atoms with Gasteiger partial charge in [0.1, 0.15) is 11.6 Å². The van der Waals surface area contributed by atoms with E-state index in [0.717, 1.165) is 11.1 Å². The smallest absolute Gasteiger partial charge is 0.225 e. The molecule has 2 aromatic carbocycles. The average Bonchev–Trinajstić information content (AvgIpc) is 2.95. The predicted molar refractivity (Wildman–Crippen MR) is 99.9 cm³/mol. The van der Waals surface area contributed by atoms with Gasteiger partial charge in [0.25, 0.3) is 0 Å². The van der Waals surface area contributed by atoms with Crippen LogP contribution >= 0.6 is 0 Å². The Bertz CT molecular complexity index is 1060. The molecule has 0 aliphatic carbocycles. The molecule has 130 valence electrons. The molecular weight excluding hydrogens is 331 g/mol. The normalized spacial score (nSPS) is 11.0. The maximum Gasteiger partial charge on any atom is 0.225 e.